The molecule has 0 spiro atoms. The molecule has 2 aliphatic heterocycles. The maximum atomic E-state index is 12.3. The van der Waals surface area contributed by atoms with Crippen LogP contribution in [0.3, 0.4) is 0 Å². The lowest BCUT2D eigenvalue weighted by molar-refractivity contribution is 0.135. The van der Waals surface area contributed by atoms with Crippen LogP contribution in [0.5, 0.6) is 5.75 Å². The zero-order valence-electron chi connectivity index (χ0n) is 16.1. The second-order valence-electron chi connectivity index (χ2n) is 6.94. The van der Waals surface area contributed by atoms with E-state index in [1.807, 2.05) is 29.4 Å². The average molecular weight is 401 g/mol. The first-order chi connectivity index (χ1) is 13.7. The largest absolute Gasteiger partial charge is 0.497 e. The summed E-state index contributed by atoms with van der Waals surface area (Å²) < 4.78 is 10.8. The molecule has 0 aliphatic carbocycles. The first-order valence-corrected chi connectivity index (χ1v) is 10.6. The summed E-state index contributed by atoms with van der Waals surface area (Å²) in [7, 11) is 1.67. The van der Waals surface area contributed by atoms with Gasteiger partial charge in [0.05, 0.1) is 19.7 Å². The number of carbonyl (C=O) groups excluding carboxylic acids is 1. The number of anilines is 1. The summed E-state index contributed by atoms with van der Waals surface area (Å²) in [4.78, 5) is 25.2. The highest BCUT2D eigenvalue weighted by molar-refractivity contribution is 7.98. The molecule has 8 heteroatoms. The van der Waals surface area contributed by atoms with Crippen molar-refractivity contribution in [2.75, 3.05) is 37.9 Å². The Kier molecular flexibility index (Phi) is 5.57. The van der Waals surface area contributed by atoms with E-state index in [0.29, 0.717) is 13.1 Å². The minimum absolute atomic E-state index is 0.0797. The van der Waals surface area contributed by atoms with Crippen LogP contribution in [-0.4, -0.2) is 66.1 Å². The number of hydrogen-bond acceptors (Lipinski definition) is 7. The van der Waals surface area contributed by atoms with Crippen LogP contribution in [0, 0.1) is 0 Å². The number of benzene rings is 1. The van der Waals surface area contributed by atoms with Crippen molar-refractivity contribution in [3.05, 3.63) is 42.1 Å². The summed E-state index contributed by atoms with van der Waals surface area (Å²) >= 11 is 1.52. The monoisotopic (exact) mass is 400 g/mol. The third kappa shape index (κ3) is 3.87. The van der Waals surface area contributed by atoms with Crippen molar-refractivity contribution in [1.82, 2.24) is 14.9 Å². The fraction of sp³-hybridized carbons (Fsp3) is 0.450. The number of carbonyl (C=O) groups is 1. The Bertz CT molecular complexity index is 832. The Morgan fingerprint density at radius 1 is 1.25 bits per heavy atom. The fourth-order valence-electron chi connectivity index (χ4n) is 3.80. The van der Waals surface area contributed by atoms with Gasteiger partial charge in [0, 0.05) is 19.3 Å². The predicted molar refractivity (Wildman–Crippen MR) is 108 cm³/mol. The Balaban J connectivity index is 1.35. The van der Waals surface area contributed by atoms with Crippen molar-refractivity contribution in [1.29, 1.82) is 0 Å². The number of ether oxygens (including phenoxy) is 2. The summed E-state index contributed by atoms with van der Waals surface area (Å²) in [6, 6.07) is 10.1. The number of aryl methyl sites for hydroxylation is 1. The molecule has 1 amide bonds. The number of rotatable bonds is 7. The summed E-state index contributed by atoms with van der Waals surface area (Å²) in [6.07, 6.45) is 5.26. The van der Waals surface area contributed by atoms with Crippen LogP contribution in [0.1, 0.15) is 12.0 Å². The Morgan fingerprint density at radius 3 is 2.82 bits per heavy atom. The molecule has 0 N–H and O–H groups in total. The van der Waals surface area contributed by atoms with Crippen LogP contribution in [0.25, 0.3) is 0 Å². The molecule has 3 heterocycles. The molecule has 28 heavy (non-hydrogen) atoms. The molecule has 2 aromatic rings. The lowest BCUT2D eigenvalue weighted by Crippen LogP contribution is -2.38. The van der Waals surface area contributed by atoms with Crippen LogP contribution >= 0.6 is 11.8 Å². The number of amides is 1. The number of aromatic nitrogens is 2. The Labute approximate surface area is 169 Å². The summed E-state index contributed by atoms with van der Waals surface area (Å²) in [5.74, 6) is 1.75. The van der Waals surface area contributed by atoms with Gasteiger partial charge in [0.15, 0.2) is 5.16 Å². The standard InChI is InChI=1S/C20H24N4O3S/c1-26-15-7-5-14(6-8-15)4-3-11-24-16-12-23(13-17(16)27-20(24)25)18-9-10-21-19(22-18)28-2/h5-10,16-17H,3-4,11-13H2,1-2H3. The molecule has 7 nitrogen and oxygen atoms in total. The van der Waals surface area contributed by atoms with Crippen LogP contribution in [0.15, 0.2) is 41.7 Å². The van der Waals surface area contributed by atoms with E-state index < -0.39 is 0 Å². The molecule has 0 saturated carbocycles. The van der Waals surface area contributed by atoms with Gasteiger partial charge >= 0.3 is 6.09 Å². The molecule has 1 aromatic carbocycles. The van der Waals surface area contributed by atoms with Crippen molar-refractivity contribution >= 4 is 23.7 Å². The number of fused-ring (bicyclic) bond motifs is 1. The molecular formula is C20H24N4O3S. The maximum absolute atomic E-state index is 12.3. The second-order valence-corrected chi connectivity index (χ2v) is 7.71. The fourth-order valence-corrected chi connectivity index (χ4v) is 4.15. The summed E-state index contributed by atoms with van der Waals surface area (Å²) in [6.45, 7) is 2.11. The molecule has 0 radical (unpaired) electrons. The van der Waals surface area contributed by atoms with Crippen molar-refractivity contribution in [3.8, 4) is 5.75 Å². The van der Waals surface area contributed by atoms with Gasteiger partial charge in [-0.05, 0) is 42.9 Å². The lowest BCUT2D eigenvalue weighted by atomic mass is 10.1. The highest BCUT2D eigenvalue weighted by Crippen LogP contribution is 2.30. The summed E-state index contributed by atoms with van der Waals surface area (Å²) in [5.41, 5.74) is 1.24. The van der Waals surface area contributed by atoms with E-state index in [-0.39, 0.29) is 18.2 Å². The zero-order chi connectivity index (χ0) is 19.5. The molecule has 4 rings (SSSR count). The van der Waals surface area contributed by atoms with Gasteiger partial charge in [-0.25, -0.2) is 14.8 Å². The lowest BCUT2D eigenvalue weighted by Gasteiger charge is -2.23. The minimum Gasteiger partial charge on any atom is -0.497 e. The van der Waals surface area contributed by atoms with Crippen molar-refractivity contribution in [2.24, 2.45) is 0 Å². The highest BCUT2D eigenvalue weighted by atomic mass is 32.2. The first kappa shape index (κ1) is 18.9. The van der Waals surface area contributed by atoms with Crippen LogP contribution < -0.4 is 9.64 Å². The zero-order valence-corrected chi connectivity index (χ0v) is 16.9. The molecule has 0 bridgehead atoms. The molecule has 2 unspecified atom stereocenters. The molecule has 148 valence electrons. The molecular weight excluding hydrogens is 376 g/mol. The Hall–Kier alpha value is -2.48. The van der Waals surface area contributed by atoms with E-state index in [2.05, 4.69) is 27.0 Å². The van der Waals surface area contributed by atoms with Gasteiger partial charge in [0.1, 0.15) is 17.7 Å². The van der Waals surface area contributed by atoms with Gasteiger partial charge in [0.2, 0.25) is 0 Å². The van der Waals surface area contributed by atoms with Gasteiger partial charge in [-0.2, -0.15) is 0 Å². The first-order valence-electron chi connectivity index (χ1n) is 9.40. The minimum atomic E-state index is -0.197. The molecule has 1 aromatic heterocycles. The number of hydrogen-bond donors (Lipinski definition) is 0. The smallest absolute Gasteiger partial charge is 0.410 e. The van der Waals surface area contributed by atoms with E-state index in [4.69, 9.17) is 9.47 Å². The molecule has 2 atom stereocenters. The van der Waals surface area contributed by atoms with Gasteiger partial charge < -0.3 is 14.4 Å². The Morgan fingerprint density at radius 2 is 2.07 bits per heavy atom. The van der Waals surface area contributed by atoms with E-state index >= 15 is 0 Å². The maximum Gasteiger partial charge on any atom is 0.410 e. The van der Waals surface area contributed by atoms with Crippen LogP contribution in [0.4, 0.5) is 10.6 Å². The van der Waals surface area contributed by atoms with Crippen molar-refractivity contribution in [2.45, 2.75) is 30.1 Å². The van der Waals surface area contributed by atoms with E-state index in [0.717, 1.165) is 36.1 Å². The number of nitrogens with zero attached hydrogens (tertiary/aromatic N) is 4. The van der Waals surface area contributed by atoms with E-state index in [1.165, 1.54) is 17.3 Å². The summed E-state index contributed by atoms with van der Waals surface area (Å²) in [5, 5.41) is 0.753. The second kappa shape index (κ2) is 8.26. The van der Waals surface area contributed by atoms with Crippen LogP contribution in [0.2, 0.25) is 0 Å². The van der Waals surface area contributed by atoms with Gasteiger partial charge in [-0.1, -0.05) is 23.9 Å². The third-order valence-electron chi connectivity index (χ3n) is 5.27. The van der Waals surface area contributed by atoms with Gasteiger partial charge in [-0.3, -0.25) is 4.90 Å². The van der Waals surface area contributed by atoms with Crippen LogP contribution in [-0.2, 0) is 11.2 Å². The molecule has 2 aliphatic rings. The predicted octanol–water partition coefficient (Wildman–Crippen LogP) is 2.85. The average Bonchev–Trinajstić information content (AvgIpc) is 3.26. The normalized spacial score (nSPS) is 21.0. The van der Waals surface area contributed by atoms with Crippen molar-refractivity contribution < 1.29 is 14.3 Å². The molecule has 2 saturated heterocycles. The van der Waals surface area contributed by atoms with E-state index in [9.17, 15) is 4.79 Å². The van der Waals surface area contributed by atoms with Crippen molar-refractivity contribution in [3.63, 3.8) is 0 Å². The topological polar surface area (TPSA) is 67.8 Å². The van der Waals surface area contributed by atoms with Gasteiger partial charge in [0.25, 0.3) is 0 Å². The quantitative estimate of drug-likeness (QED) is 0.523. The molecule has 2 fully saturated rings. The SMILES string of the molecule is COc1ccc(CCCN2C(=O)OC3CN(c4ccnc(SC)n4)CC32)cc1. The third-order valence-corrected chi connectivity index (χ3v) is 5.83. The highest BCUT2D eigenvalue weighted by Gasteiger charge is 2.47. The number of thioether (sulfide) groups is 1. The number of methoxy groups -OCH3 is 1. The van der Waals surface area contributed by atoms with E-state index in [1.54, 1.807) is 13.3 Å². The van der Waals surface area contributed by atoms with Gasteiger partial charge in [-0.15, -0.1) is 0 Å².